The van der Waals surface area contributed by atoms with Gasteiger partial charge in [0, 0.05) is 17.2 Å². The number of methoxy groups -OCH3 is 3. The van der Waals surface area contributed by atoms with Crippen LogP contribution in [0.25, 0.3) is 6.08 Å². The van der Waals surface area contributed by atoms with E-state index in [0.717, 1.165) is 22.6 Å². The van der Waals surface area contributed by atoms with Crippen molar-refractivity contribution in [3.05, 3.63) is 59.2 Å². The zero-order valence-corrected chi connectivity index (χ0v) is 16.3. The van der Waals surface area contributed by atoms with Gasteiger partial charge in [-0.2, -0.15) is 0 Å². The van der Waals surface area contributed by atoms with Crippen molar-refractivity contribution in [2.45, 2.75) is 26.2 Å². The standard InChI is InChI=1S/C22H26O4/c1-22(2,3)21-16(13-18(25-5)14-20(21)26-6)9-12-19(23)15-7-10-17(24-4)11-8-15/h7-14H,1-6H3. The molecule has 0 saturated carbocycles. The van der Waals surface area contributed by atoms with Crippen molar-refractivity contribution in [2.75, 3.05) is 21.3 Å². The lowest BCUT2D eigenvalue weighted by molar-refractivity contribution is 0.104. The lowest BCUT2D eigenvalue weighted by atomic mass is 9.82. The summed E-state index contributed by atoms with van der Waals surface area (Å²) in [6.07, 6.45) is 3.39. The number of ether oxygens (including phenoxy) is 3. The van der Waals surface area contributed by atoms with Crippen LogP contribution in [-0.2, 0) is 5.41 Å². The molecule has 2 aromatic rings. The van der Waals surface area contributed by atoms with Crippen LogP contribution in [0.15, 0.2) is 42.5 Å². The molecule has 138 valence electrons. The highest BCUT2D eigenvalue weighted by Gasteiger charge is 2.23. The third kappa shape index (κ3) is 4.45. The number of carbonyl (C=O) groups excluding carboxylic acids is 1. The summed E-state index contributed by atoms with van der Waals surface area (Å²) in [4.78, 5) is 12.5. The molecule has 0 fully saturated rings. The van der Waals surface area contributed by atoms with Crippen molar-refractivity contribution in [1.82, 2.24) is 0 Å². The van der Waals surface area contributed by atoms with Gasteiger partial charge in [-0.1, -0.05) is 26.8 Å². The Bertz CT molecular complexity index is 796. The predicted molar refractivity (Wildman–Crippen MR) is 105 cm³/mol. The fourth-order valence-electron chi connectivity index (χ4n) is 2.84. The molecule has 0 amide bonds. The smallest absolute Gasteiger partial charge is 0.185 e. The van der Waals surface area contributed by atoms with Gasteiger partial charge in [-0.15, -0.1) is 0 Å². The van der Waals surface area contributed by atoms with Crippen LogP contribution in [0.1, 0.15) is 42.3 Å². The van der Waals surface area contributed by atoms with Crippen LogP contribution in [-0.4, -0.2) is 27.1 Å². The van der Waals surface area contributed by atoms with E-state index in [-0.39, 0.29) is 11.2 Å². The van der Waals surface area contributed by atoms with E-state index in [4.69, 9.17) is 14.2 Å². The van der Waals surface area contributed by atoms with Crippen LogP contribution < -0.4 is 14.2 Å². The maximum Gasteiger partial charge on any atom is 0.185 e. The predicted octanol–water partition coefficient (Wildman–Crippen LogP) is 4.91. The van der Waals surface area contributed by atoms with Crippen molar-refractivity contribution in [3.63, 3.8) is 0 Å². The normalized spacial score (nSPS) is 11.5. The molecule has 0 unspecified atom stereocenters. The van der Waals surface area contributed by atoms with Crippen LogP contribution in [0, 0.1) is 0 Å². The van der Waals surface area contributed by atoms with Crippen LogP contribution in [0.4, 0.5) is 0 Å². The summed E-state index contributed by atoms with van der Waals surface area (Å²) in [7, 11) is 4.85. The minimum atomic E-state index is -0.152. The first-order valence-electron chi connectivity index (χ1n) is 8.43. The van der Waals surface area contributed by atoms with Crippen molar-refractivity contribution >= 4 is 11.9 Å². The van der Waals surface area contributed by atoms with Crippen LogP contribution >= 0.6 is 0 Å². The lowest BCUT2D eigenvalue weighted by Gasteiger charge is -2.25. The number of allylic oxidation sites excluding steroid dienone is 1. The first-order chi connectivity index (χ1) is 12.3. The molecule has 26 heavy (non-hydrogen) atoms. The molecule has 4 heteroatoms. The fraction of sp³-hybridized carbons (Fsp3) is 0.318. The maximum atomic E-state index is 12.5. The summed E-state index contributed by atoms with van der Waals surface area (Å²) < 4.78 is 16.1. The van der Waals surface area contributed by atoms with Crippen LogP contribution in [0.2, 0.25) is 0 Å². The Kier molecular flexibility index (Phi) is 6.09. The van der Waals surface area contributed by atoms with Crippen molar-refractivity contribution < 1.29 is 19.0 Å². The minimum Gasteiger partial charge on any atom is -0.497 e. The number of hydrogen-bond donors (Lipinski definition) is 0. The summed E-state index contributed by atoms with van der Waals surface area (Å²) in [6, 6.07) is 10.8. The molecule has 2 rings (SSSR count). The van der Waals surface area contributed by atoms with Gasteiger partial charge in [0.2, 0.25) is 0 Å². The van der Waals surface area contributed by atoms with E-state index in [0.29, 0.717) is 11.3 Å². The van der Waals surface area contributed by atoms with Gasteiger partial charge in [0.1, 0.15) is 17.2 Å². The average Bonchev–Trinajstić information content (AvgIpc) is 2.64. The van der Waals surface area contributed by atoms with Gasteiger partial charge in [0.25, 0.3) is 0 Å². The Morgan fingerprint density at radius 2 is 1.50 bits per heavy atom. The molecule has 0 bridgehead atoms. The molecular formula is C22H26O4. The highest BCUT2D eigenvalue weighted by Crippen LogP contribution is 2.38. The molecule has 0 aliphatic rings. The largest absolute Gasteiger partial charge is 0.497 e. The zero-order chi connectivity index (χ0) is 19.3. The first kappa shape index (κ1) is 19.6. The number of benzene rings is 2. The van der Waals surface area contributed by atoms with E-state index in [1.165, 1.54) is 0 Å². The third-order valence-electron chi connectivity index (χ3n) is 4.10. The van der Waals surface area contributed by atoms with E-state index >= 15 is 0 Å². The maximum absolute atomic E-state index is 12.5. The molecule has 0 saturated heterocycles. The second-order valence-corrected chi connectivity index (χ2v) is 6.97. The van der Waals surface area contributed by atoms with Gasteiger partial charge in [-0.05, 0) is 47.4 Å². The molecule has 0 aliphatic heterocycles. The molecule has 2 aromatic carbocycles. The molecule has 0 aromatic heterocycles. The Hall–Kier alpha value is -2.75. The summed E-state index contributed by atoms with van der Waals surface area (Å²) in [5, 5.41) is 0. The van der Waals surface area contributed by atoms with Crippen molar-refractivity contribution in [2.24, 2.45) is 0 Å². The molecule has 0 radical (unpaired) electrons. The molecule has 0 aliphatic carbocycles. The number of ketones is 1. The zero-order valence-electron chi connectivity index (χ0n) is 16.3. The van der Waals surface area contributed by atoms with E-state index in [9.17, 15) is 4.79 Å². The Labute approximate surface area is 155 Å². The van der Waals surface area contributed by atoms with E-state index < -0.39 is 0 Å². The van der Waals surface area contributed by atoms with Gasteiger partial charge < -0.3 is 14.2 Å². The molecule has 0 atom stereocenters. The van der Waals surface area contributed by atoms with Crippen molar-refractivity contribution in [1.29, 1.82) is 0 Å². The van der Waals surface area contributed by atoms with Gasteiger partial charge in [0.15, 0.2) is 5.78 Å². The summed E-state index contributed by atoms with van der Waals surface area (Å²) in [5.41, 5.74) is 2.38. The van der Waals surface area contributed by atoms with E-state index in [2.05, 4.69) is 20.8 Å². The van der Waals surface area contributed by atoms with Gasteiger partial charge in [0.05, 0.1) is 21.3 Å². The monoisotopic (exact) mass is 354 g/mol. The molecule has 0 N–H and O–H groups in total. The van der Waals surface area contributed by atoms with Gasteiger partial charge in [-0.3, -0.25) is 4.79 Å². The van der Waals surface area contributed by atoms with Gasteiger partial charge in [-0.25, -0.2) is 0 Å². The summed E-state index contributed by atoms with van der Waals surface area (Å²) >= 11 is 0. The summed E-state index contributed by atoms with van der Waals surface area (Å²) in [5.74, 6) is 2.08. The van der Waals surface area contributed by atoms with E-state index in [1.54, 1.807) is 51.7 Å². The minimum absolute atomic E-state index is 0.0747. The lowest BCUT2D eigenvalue weighted by Crippen LogP contribution is -2.15. The first-order valence-corrected chi connectivity index (χ1v) is 8.43. The SMILES string of the molecule is COc1ccc(C(=O)C=Cc2cc(OC)cc(OC)c2C(C)(C)C)cc1. The third-order valence-corrected chi connectivity index (χ3v) is 4.10. The highest BCUT2D eigenvalue weighted by atomic mass is 16.5. The van der Waals surface area contributed by atoms with E-state index in [1.807, 2.05) is 18.2 Å². The molecule has 0 spiro atoms. The number of hydrogen-bond acceptors (Lipinski definition) is 4. The quantitative estimate of drug-likeness (QED) is 0.546. The second kappa shape index (κ2) is 8.09. The van der Waals surface area contributed by atoms with Crippen LogP contribution in [0.5, 0.6) is 17.2 Å². The van der Waals surface area contributed by atoms with Crippen molar-refractivity contribution in [3.8, 4) is 17.2 Å². The molecular weight excluding hydrogens is 328 g/mol. The van der Waals surface area contributed by atoms with Gasteiger partial charge >= 0.3 is 0 Å². The number of carbonyl (C=O) groups is 1. The molecule has 4 nitrogen and oxygen atoms in total. The average molecular weight is 354 g/mol. The Morgan fingerprint density at radius 3 is 2.00 bits per heavy atom. The fourth-order valence-corrected chi connectivity index (χ4v) is 2.84. The summed E-state index contributed by atoms with van der Waals surface area (Å²) in [6.45, 7) is 6.33. The highest BCUT2D eigenvalue weighted by molar-refractivity contribution is 6.07. The number of rotatable bonds is 6. The van der Waals surface area contributed by atoms with Crippen LogP contribution in [0.3, 0.4) is 0 Å². The molecule has 0 heterocycles. The second-order valence-electron chi connectivity index (χ2n) is 6.97. The Morgan fingerprint density at radius 1 is 0.885 bits per heavy atom. The topological polar surface area (TPSA) is 44.8 Å². The Balaban J connectivity index is 2.42.